The van der Waals surface area contributed by atoms with Crippen molar-refractivity contribution in [2.45, 2.75) is 36.5 Å². The second-order valence-electron chi connectivity index (χ2n) is 6.64. The minimum atomic E-state index is -3.84. The van der Waals surface area contributed by atoms with Crippen LogP contribution in [0, 0.1) is 5.82 Å². The third kappa shape index (κ3) is 6.74. The molecule has 0 bridgehead atoms. The third-order valence-electron chi connectivity index (χ3n) is 4.44. The first-order chi connectivity index (χ1) is 14.0. The van der Waals surface area contributed by atoms with Crippen LogP contribution in [0.1, 0.15) is 35.2 Å². The summed E-state index contributed by atoms with van der Waals surface area (Å²) in [7, 11) is -2.39. The molecule has 2 aromatic carbocycles. The number of aryl methyl sites for hydroxylation is 1. The van der Waals surface area contributed by atoms with Crippen molar-refractivity contribution in [3.63, 3.8) is 0 Å². The van der Waals surface area contributed by atoms with Crippen LogP contribution >= 0.6 is 0 Å². The van der Waals surface area contributed by atoms with Gasteiger partial charge in [-0.15, -0.1) is 0 Å². The summed E-state index contributed by atoms with van der Waals surface area (Å²) in [6.07, 6.45) is -1.72. The average molecular weight is 445 g/mol. The van der Waals surface area contributed by atoms with Crippen LogP contribution in [0.25, 0.3) is 0 Å². The molecule has 10 heteroatoms. The summed E-state index contributed by atoms with van der Waals surface area (Å²) in [6.45, 7) is -0.190. The number of halogens is 3. The number of hydrogen-bond acceptors (Lipinski definition) is 4. The highest BCUT2D eigenvalue weighted by molar-refractivity contribution is 7.89. The van der Waals surface area contributed by atoms with Crippen molar-refractivity contribution in [3.8, 4) is 5.75 Å². The van der Waals surface area contributed by atoms with Crippen molar-refractivity contribution >= 4 is 16.0 Å². The molecule has 2 rings (SSSR count). The van der Waals surface area contributed by atoms with Gasteiger partial charge in [0.15, 0.2) is 0 Å². The maximum atomic E-state index is 14.1. The molecule has 0 heterocycles. The average Bonchev–Trinajstić information content (AvgIpc) is 2.70. The quantitative estimate of drug-likeness (QED) is 0.513. The molecule has 0 unspecified atom stereocenters. The molecule has 0 aliphatic heterocycles. The van der Waals surface area contributed by atoms with E-state index in [-0.39, 0.29) is 35.4 Å². The van der Waals surface area contributed by atoms with E-state index in [1.807, 2.05) is 0 Å². The van der Waals surface area contributed by atoms with Gasteiger partial charge in [-0.2, -0.15) is 0 Å². The van der Waals surface area contributed by atoms with E-state index in [1.54, 1.807) is 0 Å². The van der Waals surface area contributed by atoms with Crippen molar-refractivity contribution in [2.75, 3.05) is 13.7 Å². The molecular weight excluding hydrogens is 423 g/mol. The van der Waals surface area contributed by atoms with Crippen LogP contribution in [0.2, 0.25) is 0 Å². The van der Waals surface area contributed by atoms with Gasteiger partial charge in [0.25, 0.3) is 0 Å². The lowest BCUT2D eigenvalue weighted by molar-refractivity contribution is -0.0172. The van der Waals surface area contributed by atoms with Crippen LogP contribution in [0.5, 0.6) is 5.75 Å². The summed E-state index contributed by atoms with van der Waals surface area (Å²) in [5, 5.41) is 9.08. The zero-order valence-electron chi connectivity index (χ0n) is 16.2. The van der Waals surface area contributed by atoms with Crippen molar-refractivity contribution in [2.24, 2.45) is 0 Å². The van der Waals surface area contributed by atoms with Crippen LogP contribution in [-0.4, -0.2) is 39.1 Å². The number of sulfonamides is 1. The van der Waals surface area contributed by atoms with E-state index in [0.717, 1.165) is 18.2 Å². The number of aromatic carboxylic acids is 1. The molecule has 0 saturated carbocycles. The molecule has 0 aliphatic carbocycles. The summed E-state index contributed by atoms with van der Waals surface area (Å²) in [4.78, 5) is 11.1. The number of ether oxygens (including phenoxy) is 1. The van der Waals surface area contributed by atoms with Gasteiger partial charge >= 0.3 is 5.97 Å². The zero-order valence-corrected chi connectivity index (χ0v) is 17.0. The van der Waals surface area contributed by atoms with Crippen molar-refractivity contribution in [3.05, 3.63) is 59.4 Å². The molecule has 0 saturated heterocycles. The second-order valence-corrected chi connectivity index (χ2v) is 8.41. The van der Waals surface area contributed by atoms with Gasteiger partial charge < -0.3 is 9.84 Å². The molecule has 0 spiro atoms. The fourth-order valence-electron chi connectivity index (χ4n) is 2.81. The molecule has 0 aliphatic rings. The van der Waals surface area contributed by atoms with Crippen molar-refractivity contribution < 1.29 is 36.2 Å². The highest BCUT2D eigenvalue weighted by Crippen LogP contribution is 2.27. The summed E-state index contributed by atoms with van der Waals surface area (Å²) in [5.41, 5.74) is -0.234. The van der Waals surface area contributed by atoms with Gasteiger partial charge in [-0.3, -0.25) is 0 Å². The number of nitrogens with one attached hydrogen (secondary N) is 1. The normalized spacial score (nSPS) is 12.0. The lowest BCUT2D eigenvalue weighted by Crippen LogP contribution is -2.27. The van der Waals surface area contributed by atoms with E-state index in [1.165, 1.54) is 31.4 Å². The SMILES string of the molecule is COc1ccc(S(=O)(=O)NCCCC(F)(F)CCc2cc(F)ccc2C(=O)O)cc1. The lowest BCUT2D eigenvalue weighted by Gasteiger charge is -2.17. The van der Waals surface area contributed by atoms with Crippen molar-refractivity contribution in [1.82, 2.24) is 4.72 Å². The molecule has 6 nitrogen and oxygen atoms in total. The molecular formula is C20H22F3NO5S. The number of hydrogen-bond donors (Lipinski definition) is 2. The number of alkyl halides is 2. The van der Waals surface area contributed by atoms with E-state index in [2.05, 4.69) is 4.72 Å². The standard InChI is InChI=1S/C20H22F3NO5S/c1-29-16-4-6-17(7-5-16)30(27,28)24-12-2-10-20(22,23)11-9-14-13-15(21)3-8-18(14)19(25)26/h3-8,13,24H,2,9-12H2,1H3,(H,25,26). The third-order valence-corrected chi connectivity index (χ3v) is 5.92. The smallest absolute Gasteiger partial charge is 0.335 e. The number of carbonyl (C=O) groups is 1. The number of methoxy groups -OCH3 is 1. The first-order valence-corrected chi connectivity index (χ1v) is 10.6. The Bertz CT molecular complexity index is 978. The first kappa shape index (κ1) is 23.7. The second kappa shape index (κ2) is 9.94. The number of carboxylic acids is 1. The van der Waals surface area contributed by atoms with Crippen LogP contribution < -0.4 is 9.46 Å². The van der Waals surface area contributed by atoms with Gasteiger partial charge in [-0.25, -0.2) is 31.1 Å². The van der Waals surface area contributed by atoms with E-state index < -0.39 is 40.6 Å². The predicted molar refractivity (Wildman–Crippen MR) is 104 cm³/mol. The Kier molecular flexibility index (Phi) is 7.85. The Morgan fingerprint density at radius 2 is 1.80 bits per heavy atom. The Balaban J connectivity index is 1.86. The largest absolute Gasteiger partial charge is 0.497 e. The fourth-order valence-corrected chi connectivity index (χ4v) is 3.89. The van der Waals surface area contributed by atoms with Crippen LogP contribution in [0.15, 0.2) is 47.4 Å². The summed E-state index contributed by atoms with van der Waals surface area (Å²) in [5.74, 6) is -4.70. The summed E-state index contributed by atoms with van der Waals surface area (Å²) >= 11 is 0. The fraction of sp³-hybridized carbons (Fsp3) is 0.350. The Hall–Kier alpha value is -2.59. The molecule has 164 valence electrons. The Labute approximate surface area is 172 Å². The van der Waals surface area contributed by atoms with Gasteiger partial charge in [0.2, 0.25) is 15.9 Å². The maximum Gasteiger partial charge on any atom is 0.335 e. The molecule has 0 fully saturated rings. The minimum Gasteiger partial charge on any atom is -0.497 e. The van der Waals surface area contributed by atoms with Gasteiger partial charge in [0, 0.05) is 19.4 Å². The molecule has 0 radical (unpaired) electrons. The minimum absolute atomic E-state index is 0.0117. The first-order valence-electron chi connectivity index (χ1n) is 9.07. The highest BCUT2D eigenvalue weighted by atomic mass is 32.2. The monoisotopic (exact) mass is 445 g/mol. The molecule has 0 atom stereocenters. The number of benzene rings is 2. The summed E-state index contributed by atoms with van der Waals surface area (Å²) < 4.78 is 73.1. The molecule has 2 aromatic rings. The maximum absolute atomic E-state index is 14.1. The van der Waals surface area contributed by atoms with E-state index in [0.29, 0.717) is 5.75 Å². The lowest BCUT2D eigenvalue weighted by atomic mass is 9.98. The van der Waals surface area contributed by atoms with Crippen LogP contribution in [-0.2, 0) is 16.4 Å². The molecule has 30 heavy (non-hydrogen) atoms. The summed E-state index contributed by atoms with van der Waals surface area (Å²) in [6, 6.07) is 8.56. The molecule has 0 amide bonds. The Morgan fingerprint density at radius 1 is 1.13 bits per heavy atom. The van der Waals surface area contributed by atoms with Gasteiger partial charge in [-0.05, 0) is 60.9 Å². The zero-order chi connectivity index (χ0) is 22.4. The highest BCUT2D eigenvalue weighted by Gasteiger charge is 2.29. The van der Waals surface area contributed by atoms with Crippen molar-refractivity contribution in [1.29, 1.82) is 0 Å². The van der Waals surface area contributed by atoms with Crippen LogP contribution in [0.4, 0.5) is 13.2 Å². The van der Waals surface area contributed by atoms with Gasteiger partial charge in [0.1, 0.15) is 11.6 Å². The topological polar surface area (TPSA) is 92.7 Å². The molecule has 0 aromatic heterocycles. The predicted octanol–water partition coefficient (Wildman–Crippen LogP) is 3.86. The van der Waals surface area contributed by atoms with Gasteiger partial charge in [0.05, 0.1) is 17.6 Å². The molecule has 2 N–H and O–H groups in total. The van der Waals surface area contributed by atoms with Crippen LogP contribution in [0.3, 0.4) is 0 Å². The van der Waals surface area contributed by atoms with E-state index in [4.69, 9.17) is 9.84 Å². The Morgan fingerprint density at radius 3 is 2.40 bits per heavy atom. The number of rotatable bonds is 11. The van der Waals surface area contributed by atoms with E-state index in [9.17, 15) is 26.4 Å². The number of carboxylic acid groups (broad SMARTS) is 1. The van der Waals surface area contributed by atoms with E-state index >= 15 is 0 Å². The van der Waals surface area contributed by atoms with Gasteiger partial charge in [-0.1, -0.05) is 0 Å².